The maximum atomic E-state index is 13.6. The quantitative estimate of drug-likeness (QED) is 0.423. The standard InChI is InChI=1S/C21H16ClFN2O3/c22-19-10-7-16(11-18(19)21(26)27)25-24-12-14-5-8-17(9-6-14)28-13-15-3-1-2-4-20(15)23/h1-12,25H,13H2,(H,26,27)/b24-12-. The molecule has 3 aromatic carbocycles. The van der Waals surface area contributed by atoms with Crippen LogP contribution in [0.1, 0.15) is 21.5 Å². The van der Waals surface area contributed by atoms with E-state index in [1.807, 2.05) is 0 Å². The van der Waals surface area contributed by atoms with Crippen LogP contribution in [0.2, 0.25) is 5.02 Å². The molecule has 28 heavy (non-hydrogen) atoms. The number of nitrogens with one attached hydrogen (secondary N) is 1. The van der Waals surface area contributed by atoms with Gasteiger partial charge in [0.25, 0.3) is 0 Å². The number of ether oxygens (including phenoxy) is 1. The molecular formula is C21H16ClFN2O3. The van der Waals surface area contributed by atoms with E-state index in [4.69, 9.17) is 21.4 Å². The molecule has 5 nitrogen and oxygen atoms in total. The van der Waals surface area contributed by atoms with Crippen molar-refractivity contribution in [1.29, 1.82) is 0 Å². The fourth-order valence-corrected chi connectivity index (χ4v) is 2.57. The highest BCUT2D eigenvalue weighted by atomic mass is 35.5. The molecule has 0 spiro atoms. The zero-order valence-corrected chi connectivity index (χ0v) is 15.4. The number of carbonyl (C=O) groups is 1. The van der Waals surface area contributed by atoms with Crippen LogP contribution in [0.15, 0.2) is 71.8 Å². The van der Waals surface area contributed by atoms with Gasteiger partial charge in [0.2, 0.25) is 0 Å². The number of hydrazone groups is 1. The third kappa shape index (κ3) is 5.08. The molecule has 0 aliphatic carbocycles. The van der Waals surface area contributed by atoms with Gasteiger partial charge in [-0.3, -0.25) is 5.43 Å². The van der Waals surface area contributed by atoms with Gasteiger partial charge in [0, 0.05) is 5.56 Å². The third-order valence-corrected chi connectivity index (χ3v) is 4.17. The molecule has 3 rings (SSSR count). The first-order valence-corrected chi connectivity index (χ1v) is 8.69. The normalized spacial score (nSPS) is 10.8. The molecule has 0 radical (unpaired) electrons. The lowest BCUT2D eigenvalue weighted by atomic mass is 10.2. The van der Waals surface area contributed by atoms with Gasteiger partial charge in [0.15, 0.2) is 0 Å². The van der Waals surface area contributed by atoms with Gasteiger partial charge in [0.1, 0.15) is 18.2 Å². The highest BCUT2D eigenvalue weighted by Crippen LogP contribution is 2.20. The maximum absolute atomic E-state index is 13.6. The summed E-state index contributed by atoms with van der Waals surface area (Å²) in [5, 5.41) is 13.3. The van der Waals surface area contributed by atoms with E-state index in [9.17, 15) is 9.18 Å². The van der Waals surface area contributed by atoms with Crippen molar-refractivity contribution in [3.8, 4) is 5.75 Å². The molecule has 0 saturated heterocycles. The summed E-state index contributed by atoms with van der Waals surface area (Å²) in [6.07, 6.45) is 1.58. The van der Waals surface area contributed by atoms with E-state index in [1.165, 1.54) is 18.2 Å². The second-order valence-corrected chi connectivity index (χ2v) is 6.23. The Kier molecular flexibility index (Phi) is 6.24. The van der Waals surface area contributed by atoms with Crippen molar-refractivity contribution in [2.24, 2.45) is 5.10 Å². The zero-order valence-electron chi connectivity index (χ0n) is 14.6. The van der Waals surface area contributed by atoms with E-state index in [0.717, 1.165) is 5.56 Å². The first kappa shape index (κ1) is 19.4. The van der Waals surface area contributed by atoms with Gasteiger partial charge in [-0.05, 0) is 54.1 Å². The Hall–Kier alpha value is -3.38. The summed E-state index contributed by atoms with van der Waals surface area (Å²) in [4.78, 5) is 11.1. The molecule has 0 bridgehead atoms. The summed E-state index contributed by atoms with van der Waals surface area (Å²) in [5.74, 6) is -0.800. The minimum atomic E-state index is -1.11. The van der Waals surface area contributed by atoms with Gasteiger partial charge in [0.05, 0.1) is 22.5 Å². The van der Waals surface area contributed by atoms with Crippen LogP contribution < -0.4 is 10.2 Å². The van der Waals surface area contributed by atoms with Crippen LogP contribution in [0.4, 0.5) is 10.1 Å². The van der Waals surface area contributed by atoms with E-state index in [2.05, 4.69) is 10.5 Å². The van der Waals surface area contributed by atoms with Crippen LogP contribution in [-0.2, 0) is 6.61 Å². The molecule has 3 aromatic rings. The smallest absolute Gasteiger partial charge is 0.337 e. The first-order valence-electron chi connectivity index (χ1n) is 8.31. The van der Waals surface area contributed by atoms with Gasteiger partial charge in [-0.25, -0.2) is 9.18 Å². The van der Waals surface area contributed by atoms with Crippen LogP contribution in [0.3, 0.4) is 0 Å². The maximum Gasteiger partial charge on any atom is 0.337 e. The predicted octanol–water partition coefficient (Wildman–Crippen LogP) is 5.20. The molecule has 0 unspecified atom stereocenters. The Morgan fingerprint density at radius 2 is 1.89 bits per heavy atom. The topological polar surface area (TPSA) is 70.9 Å². The highest BCUT2D eigenvalue weighted by Gasteiger charge is 2.08. The summed E-state index contributed by atoms with van der Waals surface area (Å²) in [5.41, 5.74) is 4.55. The minimum absolute atomic E-state index is 0.00165. The molecule has 0 aliphatic heterocycles. The van der Waals surface area contributed by atoms with Gasteiger partial charge >= 0.3 is 5.97 Å². The number of hydrogen-bond acceptors (Lipinski definition) is 4. The largest absolute Gasteiger partial charge is 0.489 e. The lowest BCUT2D eigenvalue weighted by Gasteiger charge is -2.07. The van der Waals surface area contributed by atoms with E-state index in [0.29, 0.717) is 17.0 Å². The summed E-state index contributed by atoms with van der Waals surface area (Å²) < 4.78 is 19.2. The average molecular weight is 399 g/mol. The van der Waals surface area contributed by atoms with Crippen LogP contribution in [0.25, 0.3) is 0 Å². The van der Waals surface area contributed by atoms with Crippen LogP contribution >= 0.6 is 11.6 Å². The summed E-state index contributed by atoms with van der Waals surface area (Å²) >= 11 is 5.83. The number of anilines is 1. The molecule has 0 atom stereocenters. The van der Waals surface area contributed by atoms with Crippen molar-refractivity contribution in [1.82, 2.24) is 0 Å². The van der Waals surface area contributed by atoms with Crippen molar-refractivity contribution >= 4 is 29.5 Å². The molecule has 142 valence electrons. The number of aromatic carboxylic acids is 1. The Balaban J connectivity index is 1.57. The molecule has 0 saturated carbocycles. The molecular weight excluding hydrogens is 383 g/mol. The molecule has 0 amide bonds. The Morgan fingerprint density at radius 3 is 2.61 bits per heavy atom. The van der Waals surface area contributed by atoms with E-state index < -0.39 is 5.97 Å². The van der Waals surface area contributed by atoms with Crippen LogP contribution in [0, 0.1) is 5.82 Å². The van der Waals surface area contributed by atoms with Crippen molar-refractivity contribution in [3.05, 3.63) is 94.3 Å². The highest BCUT2D eigenvalue weighted by molar-refractivity contribution is 6.33. The van der Waals surface area contributed by atoms with Crippen LogP contribution in [0.5, 0.6) is 5.75 Å². The molecule has 7 heteroatoms. The van der Waals surface area contributed by atoms with Gasteiger partial charge in [-0.15, -0.1) is 0 Å². The van der Waals surface area contributed by atoms with Crippen molar-refractivity contribution in [3.63, 3.8) is 0 Å². The van der Waals surface area contributed by atoms with Crippen molar-refractivity contribution in [2.45, 2.75) is 6.61 Å². The van der Waals surface area contributed by atoms with Crippen molar-refractivity contribution in [2.75, 3.05) is 5.43 Å². The average Bonchev–Trinajstić information content (AvgIpc) is 2.69. The van der Waals surface area contributed by atoms with Gasteiger partial charge in [-0.1, -0.05) is 29.8 Å². The Labute approximate surface area is 166 Å². The van der Waals surface area contributed by atoms with Gasteiger partial charge < -0.3 is 9.84 Å². The third-order valence-electron chi connectivity index (χ3n) is 3.84. The number of benzene rings is 3. The summed E-state index contributed by atoms with van der Waals surface area (Å²) in [6.45, 7) is 0.143. The van der Waals surface area contributed by atoms with Crippen molar-refractivity contribution < 1.29 is 19.0 Å². The van der Waals surface area contributed by atoms with Crippen LogP contribution in [-0.4, -0.2) is 17.3 Å². The second kappa shape index (κ2) is 9.01. The first-order chi connectivity index (χ1) is 13.5. The number of hydrogen-bond donors (Lipinski definition) is 2. The monoisotopic (exact) mass is 398 g/mol. The minimum Gasteiger partial charge on any atom is -0.489 e. The second-order valence-electron chi connectivity index (χ2n) is 5.82. The number of rotatable bonds is 7. The Bertz CT molecular complexity index is 1010. The van der Waals surface area contributed by atoms with E-state index in [-0.39, 0.29) is 23.0 Å². The SMILES string of the molecule is O=C(O)c1cc(N/N=C\c2ccc(OCc3ccccc3F)cc2)ccc1Cl. The van der Waals surface area contributed by atoms with E-state index in [1.54, 1.807) is 54.7 Å². The Morgan fingerprint density at radius 1 is 1.14 bits per heavy atom. The fourth-order valence-electron chi connectivity index (χ4n) is 2.37. The number of nitrogens with zero attached hydrogens (tertiary/aromatic N) is 1. The zero-order chi connectivity index (χ0) is 19.9. The van der Waals surface area contributed by atoms with E-state index >= 15 is 0 Å². The predicted molar refractivity (Wildman–Crippen MR) is 107 cm³/mol. The summed E-state index contributed by atoms with van der Waals surface area (Å²) in [7, 11) is 0. The number of carboxylic acid groups (broad SMARTS) is 1. The number of halogens is 2. The molecule has 0 aromatic heterocycles. The fraction of sp³-hybridized carbons (Fsp3) is 0.0476. The molecule has 2 N–H and O–H groups in total. The lowest BCUT2D eigenvalue weighted by molar-refractivity contribution is 0.0697. The molecule has 0 fully saturated rings. The van der Waals surface area contributed by atoms with Gasteiger partial charge in [-0.2, -0.15) is 5.10 Å². The lowest BCUT2D eigenvalue weighted by Crippen LogP contribution is -1.99. The number of carboxylic acids is 1. The molecule has 0 heterocycles. The molecule has 0 aliphatic rings. The summed E-state index contributed by atoms with van der Waals surface area (Å²) in [6, 6.07) is 18.1.